The molecule has 1 fully saturated rings. The van der Waals surface area contributed by atoms with Gasteiger partial charge in [-0.2, -0.15) is 5.10 Å². The summed E-state index contributed by atoms with van der Waals surface area (Å²) in [6.07, 6.45) is 4.99. The number of benzene rings is 3. The molecule has 0 radical (unpaired) electrons. The molecule has 0 N–H and O–H groups in total. The maximum absolute atomic E-state index is 13.4. The average Bonchev–Trinajstić information content (AvgIpc) is 3.58. The first-order valence-corrected chi connectivity index (χ1v) is 12.8. The fourth-order valence-electron chi connectivity index (χ4n) is 3.80. The van der Waals surface area contributed by atoms with Crippen LogP contribution < -0.4 is 14.2 Å². The van der Waals surface area contributed by atoms with Gasteiger partial charge >= 0.3 is 0 Å². The molecule has 0 unspecified atom stereocenters. The highest BCUT2D eigenvalue weighted by molar-refractivity contribution is 8.18. The minimum absolute atomic E-state index is 0.189. The highest BCUT2D eigenvalue weighted by Crippen LogP contribution is 2.34. The Morgan fingerprint density at radius 2 is 1.69 bits per heavy atom. The van der Waals surface area contributed by atoms with E-state index in [4.69, 9.17) is 18.6 Å². The molecule has 1 aliphatic rings. The van der Waals surface area contributed by atoms with E-state index in [2.05, 4.69) is 10.2 Å². The minimum Gasteiger partial charge on any atom is -0.493 e. The Labute approximate surface area is 230 Å². The highest BCUT2D eigenvalue weighted by Gasteiger charge is 2.34. The van der Waals surface area contributed by atoms with E-state index in [1.165, 1.54) is 11.8 Å². The third-order valence-corrected chi connectivity index (χ3v) is 6.67. The minimum atomic E-state index is -0.189. The van der Waals surface area contributed by atoms with E-state index < -0.39 is 0 Å². The third-order valence-electron chi connectivity index (χ3n) is 5.67. The van der Waals surface area contributed by atoms with Gasteiger partial charge in [-0.25, -0.2) is 0 Å². The van der Waals surface area contributed by atoms with Crippen molar-refractivity contribution in [2.24, 2.45) is 10.2 Å². The fourth-order valence-corrected chi connectivity index (χ4v) is 4.74. The van der Waals surface area contributed by atoms with E-state index in [1.807, 2.05) is 72.8 Å². The number of hydrogen-bond acceptors (Lipinski definition) is 8. The van der Waals surface area contributed by atoms with Gasteiger partial charge in [0.25, 0.3) is 5.91 Å². The van der Waals surface area contributed by atoms with Gasteiger partial charge in [0, 0.05) is 0 Å². The van der Waals surface area contributed by atoms with Gasteiger partial charge in [0.1, 0.15) is 17.3 Å². The number of nitrogens with zero attached hydrogens (tertiary/aromatic N) is 3. The monoisotopic (exact) mass is 539 g/mol. The molecule has 0 aliphatic carbocycles. The molecule has 1 saturated heterocycles. The van der Waals surface area contributed by atoms with Crippen LogP contribution >= 0.6 is 11.8 Å². The van der Waals surface area contributed by atoms with E-state index in [0.29, 0.717) is 33.1 Å². The summed E-state index contributed by atoms with van der Waals surface area (Å²) in [5.41, 5.74) is 1.60. The summed E-state index contributed by atoms with van der Waals surface area (Å²) in [5.74, 6) is 3.07. The van der Waals surface area contributed by atoms with Gasteiger partial charge in [-0.1, -0.05) is 30.3 Å². The van der Waals surface area contributed by atoms with Crippen LogP contribution in [0.2, 0.25) is 0 Å². The van der Waals surface area contributed by atoms with Crippen LogP contribution in [0.3, 0.4) is 0 Å². The molecule has 0 spiro atoms. The number of para-hydroxylation sites is 1. The average molecular weight is 540 g/mol. The molecule has 9 heteroatoms. The van der Waals surface area contributed by atoms with Crippen molar-refractivity contribution in [2.75, 3.05) is 14.2 Å². The normalized spacial score (nSPS) is 15.4. The van der Waals surface area contributed by atoms with E-state index in [9.17, 15) is 4.79 Å². The molecule has 0 bridgehead atoms. The first kappa shape index (κ1) is 25.9. The van der Waals surface area contributed by atoms with Crippen LogP contribution in [0, 0.1) is 0 Å². The summed E-state index contributed by atoms with van der Waals surface area (Å²) in [6, 6.07) is 26.1. The molecule has 0 saturated carbocycles. The summed E-state index contributed by atoms with van der Waals surface area (Å²) in [5, 5.41) is 9.05. The predicted octanol–water partition coefficient (Wildman–Crippen LogP) is 6.60. The first-order chi connectivity index (χ1) is 19.1. The van der Waals surface area contributed by atoms with Crippen LogP contribution in [-0.4, -0.2) is 36.4 Å². The lowest BCUT2D eigenvalue weighted by molar-refractivity contribution is -0.122. The Balaban J connectivity index is 1.39. The van der Waals surface area contributed by atoms with E-state index in [1.54, 1.807) is 49.8 Å². The number of rotatable bonds is 9. The zero-order valence-electron chi connectivity index (χ0n) is 21.3. The molecule has 8 nitrogen and oxygen atoms in total. The van der Waals surface area contributed by atoms with E-state index in [-0.39, 0.29) is 12.5 Å². The Kier molecular flexibility index (Phi) is 8.09. The summed E-state index contributed by atoms with van der Waals surface area (Å²) < 4.78 is 22.1. The van der Waals surface area contributed by atoms with Crippen LogP contribution in [0.4, 0.5) is 0 Å². The number of methoxy groups -OCH3 is 2. The van der Waals surface area contributed by atoms with Crippen molar-refractivity contribution in [3.63, 3.8) is 0 Å². The zero-order valence-corrected chi connectivity index (χ0v) is 22.1. The molecule has 1 aromatic heterocycles. The Hall–Kier alpha value is -4.76. The Morgan fingerprint density at radius 3 is 2.46 bits per heavy atom. The number of amidine groups is 1. The summed E-state index contributed by atoms with van der Waals surface area (Å²) >= 11 is 1.25. The molecule has 2 heterocycles. The maximum Gasteiger partial charge on any atom is 0.267 e. The molecule has 39 heavy (non-hydrogen) atoms. The van der Waals surface area contributed by atoms with Crippen molar-refractivity contribution in [1.29, 1.82) is 0 Å². The molecular weight excluding hydrogens is 514 g/mol. The largest absolute Gasteiger partial charge is 0.493 e. The molecule has 0 atom stereocenters. The number of thioether (sulfide) groups is 1. The van der Waals surface area contributed by atoms with Gasteiger partial charge in [0.2, 0.25) is 0 Å². The fraction of sp³-hybridized carbons (Fsp3) is 0.100. The van der Waals surface area contributed by atoms with E-state index >= 15 is 0 Å². The molecule has 196 valence electrons. The lowest BCUT2D eigenvalue weighted by Crippen LogP contribution is -2.28. The van der Waals surface area contributed by atoms with Crippen molar-refractivity contribution in [3.8, 4) is 23.0 Å². The molecular formula is C30H25N3O5S. The van der Waals surface area contributed by atoms with Crippen LogP contribution in [-0.2, 0) is 11.3 Å². The van der Waals surface area contributed by atoms with Gasteiger partial charge in [-0.15, -0.1) is 5.10 Å². The second-order valence-corrected chi connectivity index (χ2v) is 9.32. The molecule has 4 aromatic rings. The van der Waals surface area contributed by atoms with Crippen LogP contribution in [0.25, 0.3) is 6.08 Å². The standard InChI is InChI=1S/C30H25N3O5S/c1-35-26-14-13-22(17-27(26)36-2)19-31-32-30-33(20-25-12-7-15-37-25)29(34)28(39-30)18-21-8-6-11-24(16-21)38-23-9-4-3-5-10-23/h3-19H,20H2,1-2H3/b28-18-,31-19+,32-30-. The molecule has 1 aliphatic heterocycles. The van der Waals surface area contributed by atoms with Crippen LogP contribution in [0.15, 0.2) is 111 Å². The maximum atomic E-state index is 13.4. The van der Waals surface area contributed by atoms with Crippen molar-refractivity contribution >= 4 is 35.1 Å². The number of ether oxygens (including phenoxy) is 3. The van der Waals surface area contributed by atoms with Crippen molar-refractivity contribution in [2.45, 2.75) is 6.54 Å². The second kappa shape index (κ2) is 12.2. The Morgan fingerprint density at radius 1 is 0.872 bits per heavy atom. The topological polar surface area (TPSA) is 85.9 Å². The third kappa shape index (κ3) is 6.39. The second-order valence-electron chi connectivity index (χ2n) is 8.31. The summed E-state index contributed by atoms with van der Waals surface area (Å²) in [6.45, 7) is 0.234. The smallest absolute Gasteiger partial charge is 0.267 e. The zero-order chi connectivity index (χ0) is 27.0. The van der Waals surface area contributed by atoms with Crippen molar-refractivity contribution in [3.05, 3.63) is 113 Å². The van der Waals surface area contributed by atoms with Crippen LogP contribution in [0.1, 0.15) is 16.9 Å². The van der Waals surface area contributed by atoms with Gasteiger partial charge in [0.05, 0.1) is 38.1 Å². The number of hydrogen-bond donors (Lipinski definition) is 0. The van der Waals surface area contributed by atoms with Crippen molar-refractivity contribution < 1.29 is 23.4 Å². The van der Waals surface area contributed by atoms with Crippen LogP contribution in [0.5, 0.6) is 23.0 Å². The SMILES string of the molecule is COc1ccc(/C=N/N=C2\S/C(=C\c3cccc(Oc4ccccc4)c3)C(=O)N2Cc2ccco2)cc1OC. The quantitative estimate of drug-likeness (QED) is 0.135. The molecule has 1 amide bonds. The first-order valence-electron chi connectivity index (χ1n) is 12.0. The number of furan rings is 1. The summed E-state index contributed by atoms with van der Waals surface area (Å²) in [4.78, 5) is 15.5. The van der Waals surface area contributed by atoms with Gasteiger partial charge in [0.15, 0.2) is 16.7 Å². The highest BCUT2D eigenvalue weighted by atomic mass is 32.2. The van der Waals surface area contributed by atoms with Gasteiger partial charge in [-0.05, 0) is 83.6 Å². The lowest BCUT2D eigenvalue weighted by atomic mass is 10.2. The molecule has 5 rings (SSSR count). The molecule has 3 aromatic carbocycles. The Bertz CT molecular complexity index is 1530. The van der Waals surface area contributed by atoms with Gasteiger partial charge in [-0.3, -0.25) is 9.69 Å². The predicted molar refractivity (Wildman–Crippen MR) is 152 cm³/mol. The number of amides is 1. The van der Waals surface area contributed by atoms with E-state index in [0.717, 1.165) is 16.9 Å². The summed E-state index contributed by atoms with van der Waals surface area (Å²) in [7, 11) is 3.15. The number of carbonyl (C=O) groups is 1. The van der Waals surface area contributed by atoms with Gasteiger partial charge < -0.3 is 18.6 Å². The number of carbonyl (C=O) groups excluding carboxylic acids is 1. The lowest BCUT2D eigenvalue weighted by Gasteiger charge is -2.12. The van der Waals surface area contributed by atoms with Crippen molar-refractivity contribution in [1.82, 2.24) is 4.90 Å².